The number of carbonyl (C=O) groups is 1. The number of hydrogen-bond acceptors (Lipinski definition) is 3. The van der Waals surface area contributed by atoms with E-state index in [1.807, 2.05) is 6.92 Å². The van der Waals surface area contributed by atoms with Crippen LogP contribution in [0.15, 0.2) is 0 Å². The maximum absolute atomic E-state index is 11.4. The first-order chi connectivity index (χ1) is 6.60. The minimum absolute atomic E-state index is 0.00166. The molecule has 3 N–H and O–H groups in total. The van der Waals surface area contributed by atoms with Crippen molar-refractivity contribution in [1.29, 1.82) is 0 Å². The third kappa shape index (κ3) is 7.03. The summed E-state index contributed by atoms with van der Waals surface area (Å²) in [5.41, 5.74) is 5.66. The van der Waals surface area contributed by atoms with Crippen LogP contribution in [0.3, 0.4) is 0 Å². The number of amides is 1. The lowest BCUT2D eigenvalue weighted by Gasteiger charge is -2.07. The lowest BCUT2D eigenvalue weighted by Crippen LogP contribution is -2.27. The van der Waals surface area contributed by atoms with Crippen LogP contribution in [0.5, 0.6) is 0 Å². The molecule has 0 radical (unpaired) electrons. The smallest absolute Gasteiger partial charge is 0.219 e. The fourth-order valence-electron chi connectivity index (χ4n) is 0.959. The number of carbonyl (C=O) groups excluding carboxylic acids is 1. The van der Waals surface area contributed by atoms with Crippen LogP contribution in [0.4, 0.5) is 0 Å². The van der Waals surface area contributed by atoms with Gasteiger partial charge in [-0.25, -0.2) is 0 Å². The second-order valence-electron chi connectivity index (χ2n) is 3.26. The first-order valence-electron chi connectivity index (χ1n) is 4.91. The van der Waals surface area contributed by atoms with Gasteiger partial charge >= 0.3 is 0 Å². The van der Waals surface area contributed by atoms with Crippen molar-refractivity contribution >= 4 is 16.7 Å². The molecule has 0 aliphatic carbocycles. The zero-order valence-electron chi connectivity index (χ0n) is 8.91. The van der Waals surface area contributed by atoms with Crippen molar-refractivity contribution < 1.29 is 9.00 Å². The summed E-state index contributed by atoms with van der Waals surface area (Å²) in [6, 6.07) is 0.0239. The highest BCUT2D eigenvalue weighted by Gasteiger charge is 2.06. The van der Waals surface area contributed by atoms with E-state index in [9.17, 15) is 9.00 Å². The van der Waals surface area contributed by atoms with E-state index in [1.165, 1.54) is 0 Å². The van der Waals surface area contributed by atoms with Crippen molar-refractivity contribution in [2.24, 2.45) is 5.73 Å². The molecule has 0 saturated heterocycles. The average Bonchev–Trinajstić information content (AvgIpc) is 2.17. The van der Waals surface area contributed by atoms with Crippen LogP contribution in [-0.2, 0) is 15.6 Å². The molecule has 5 heteroatoms. The summed E-state index contributed by atoms with van der Waals surface area (Å²) >= 11 is 0. The van der Waals surface area contributed by atoms with Gasteiger partial charge in [-0.15, -0.1) is 0 Å². The van der Waals surface area contributed by atoms with Crippen molar-refractivity contribution in [1.82, 2.24) is 5.32 Å². The highest BCUT2D eigenvalue weighted by atomic mass is 32.2. The van der Waals surface area contributed by atoms with Crippen LogP contribution in [-0.4, -0.2) is 34.7 Å². The molecule has 14 heavy (non-hydrogen) atoms. The van der Waals surface area contributed by atoms with Gasteiger partial charge in [0.15, 0.2) is 0 Å². The average molecular weight is 220 g/mol. The maximum Gasteiger partial charge on any atom is 0.219 e. The zero-order valence-corrected chi connectivity index (χ0v) is 9.73. The predicted octanol–water partition coefficient (Wildman–Crippen LogP) is -0.00140. The van der Waals surface area contributed by atoms with E-state index < -0.39 is 10.8 Å². The summed E-state index contributed by atoms with van der Waals surface area (Å²) in [5.74, 6) is 1.12. The topological polar surface area (TPSA) is 72.2 Å². The van der Waals surface area contributed by atoms with Crippen LogP contribution in [0, 0.1) is 0 Å². The van der Waals surface area contributed by atoms with E-state index >= 15 is 0 Å². The number of nitrogens with two attached hydrogens (primary N) is 1. The molecule has 0 fully saturated rings. The van der Waals surface area contributed by atoms with Crippen molar-refractivity contribution in [2.45, 2.75) is 32.2 Å². The normalized spacial score (nSPS) is 14.8. The predicted molar refractivity (Wildman–Crippen MR) is 59.4 cm³/mol. The second kappa shape index (κ2) is 7.94. The standard InChI is InChI=1S/C9H20N2O2S/c1-3-8(10)7-14(13)6-4-5-9(12)11-2/h8H,3-7,10H2,1-2H3,(H,11,12). The molecule has 0 bridgehead atoms. The fourth-order valence-corrected chi connectivity index (χ4v) is 2.30. The summed E-state index contributed by atoms with van der Waals surface area (Å²) in [6.45, 7) is 1.98. The van der Waals surface area contributed by atoms with Crippen LogP contribution in [0.25, 0.3) is 0 Å². The fraction of sp³-hybridized carbons (Fsp3) is 0.889. The molecule has 84 valence electrons. The molecule has 0 aliphatic rings. The van der Waals surface area contributed by atoms with Crippen LogP contribution in [0.1, 0.15) is 26.2 Å². The molecule has 0 saturated carbocycles. The van der Waals surface area contributed by atoms with Crippen molar-refractivity contribution in [2.75, 3.05) is 18.6 Å². The van der Waals surface area contributed by atoms with Gasteiger partial charge in [0.05, 0.1) is 0 Å². The molecular formula is C9H20N2O2S. The van der Waals surface area contributed by atoms with Crippen LogP contribution < -0.4 is 11.1 Å². The van der Waals surface area contributed by atoms with Crippen molar-refractivity contribution in [3.8, 4) is 0 Å². The Bertz CT molecular complexity index is 197. The summed E-state index contributed by atoms with van der Waals surface area (Å²) in [4.78, 5) is 10.8. The Kier molecular flexibility index (Phi) is 7.70. The monoisotopic (exact) mass is 220 g/mol. The largest absolute Gasteiger partial charge is 0.359 e. The molecule has 0 rings (SSSR count). The number of hydrogen-bond donors (Lipinski definition) is 2. The minimum atomic E-state index is -0.873. The van der Waals surface area contributed by atoms with E-state index in [1.54, 1.807) is 7.05 Å². The third-order valence-electron chi connectivity index (χ3n) is 1.98. The lowest BCUT2D eigenvalue weighted by atomic mass is 10.3. The third-order valence-corrected chi connectivity index (χ3v) is 3.52. The first-order valence-corrected chi connectivity index (χ1v) is 6.40. The summed E-state index contributed by atoms with van der Waals surface area (Å²) < 4.78 is 11.4. The Morgan fingerprint density at radius 3 is 2.71 bits per heavy atom. The second-order valence-corrected chi connectivity index (χ2v) is 4.88. The molecule has 0 aromatic carbocycles. The Morgan fingerprint density at radius 2 is 2.21 bits per heavy atom. The van der Waals surface area contributed by atoms with Gasteiger partial charge in [-0.3, -0.25) is 9.00 Å². The van der Waals surface area contributed by atoms with E-state index in [0.29, 0.717) is 24.3 Å². The lowest BCUT2D eigenvalue weighted by molar-refractivity contribution is -0.120. The molecule has 0 aromatic heterocycles. The van der Waals surface area contributed by atoms with Gasteiger partial charge in [-0.2, -0.15) is 0 Å². The maximum atomic E-state index is 11.4. The Labute approximate surface area is 88.1 Å². The minimum Gasteiger partial charge on any atom is -0.359 e. The Hall–Kier alpha value is -0.420. The molecule has 2 unspecified atom stereocenters. The molecule has 4 nitrogen and oxygen atoms in total. The van der Waals surface area contributed by atoms with Gasteiger partial charge in [-0.1, -0.05) is 6.92 Å². The van der Waals surface area contributed by atoms with Crippen molar-refractivity contribution in [3.63, 3.8) is 0 Å². The zero-order chi connectivity index (χ0) is 11.0. The first kappa shape index (κ1) is 13.6. The van der Waals surface area contributed by atoms with Gasteiger partial charge in [0.25, 0.3) is 0 Å². The van der Waals surface area contributed by atoms with Gasteiger partial charge in [0.2, 0.25) is 5.91 Å². The number of rotatable bonds is 7. The molecule has 0 aliphatic heterocycles. The van der Waals surface area contributed by atoms with Crippen molar-refractivity contribution in [3.05, 3.63) is 0 Å². The van der Waals surface area contributed by atoms with Gasteiger partial charge < -0.3 is 11.1 Å². The Morgan fingerprint density at radius 1 is 1.57 bits per heavy atom. The Balaban J connectivity index is 3.49. The van der Waals surface area contributed by atoms with E-state index in [4.69, 9.17) is 5.73 Å². The summed E-state index contributed by atoms with van der Waals surface area (Å²) in [7, 11) is 0.730. The molecule has 0 aromatic rings. The van der Waals surface area contributed by atoms with Crippen LogP contribution in [0.2, 0.25) is 0 Å². The summed E-state index contributed by atoms with van der Waals surface area (Å²) in [6.07, 6.45) is 1.97. The molecule has 1 amide bonds. The SMILES string of the molecule is CCC(N)CS(=O)CCCC(=O)NC. The molecular weight excluding hydrogens is 200 g/mol. The van der Waals surface area contributed by atoms with E-state index in [-0.39, 0.29) is 11.9 Å². The van der Waals surface area contributed by atoms with Crippen LogP contribution >= 0.6 is 0 Å². The van der Waals surface area contributed by atoms with Gasteiger partial charge in [0.1, 0.15) is 0 Å². The summed E-state index contributed by atoms with van der Waals surface area (Å²) in [5, 5.41) is 2.53. The van der Waals surface area contributed by atoms with E-state index in [2.05, 4.69) is 5.32 Å². The van der Waals surface area contributed by atoms with Gasteiger partial charge in [-0.05, 0) is 12.8 Å². The molecule has 0 heterocycles. The number of nitrogens with one attached hydrogen (secondary N) is 1. The van der Waals surface area contributed by atoms with E-state index in [0.717, 1.165) is 6.42 Å². The quantitative estimate of drug-likeness (QED) is 0.634. The highest BCUT2D eigenvalue weighted by Crippen LogP contribution is 1.96. The highest BCUT2D eigenvalue weighted by molar-refractivity contribution is 7.85. The molecule has 2 atom stereocenters. The van der Waals surface area contributed by atoms with Gasteiger partial charge in [0, 0.05) is 41.8 Å². The molecule has 0 spiro atoms.